The molecule has 2 nitrogen and oxygen atoms in total. The highest BCUT2D eigenvalue weighted by molar-refractivity contribution is 5.45. The largest absolute Gasteiger partial charge is 0.491 e. The Morgan fingerprint density at radius 3 is 3.08 bits per heavy atom. The Kier molecular flexibility index (Phi) is 1.96. The summed E-state index contributed by atoms with van der Waals surface area (Å²) >= 11 is 0. The minimum Gasteiger partial charge on any atom is -0.491 e. The molecule has 0 aromatic heterocycles. The maximum absolute atomic E-state index is 13.3. The van der Waals surface area contributed by atoms with Gasteiger partial charge in [0.05, 0.1) is 6.04 Å². The zero-order chi connectivity index (χ0) is 9.42. The first-order valence-electron chi connectivity index (χ1n) is 4.43. The highest BCUT2D eigenvalue weighted by Crippen LogP contribution is 2.35. The molecule has 1 aromatic carbocycles. The molecule has 70 valence electrons. The molecule has 1 aliphatic heterocycles. The normalized spacial score (nSPS) is 19.8. The van der Waals surface area contributed by atoms with Crippen LogP contribution in [-0.2, 0) is 6.42 Å². The van der Waals surface area contributed by atoms with Crippen LogP contribution < -0.4 is 10.5 Å². The lowest BCUT2D eigenvalue weighted by Gasteiger charge is -2.08. The number of hydrogen-bond donors (Lipinski definition) is 1. The number of halogens is 1. The third-order valence-corrected chi connectivity index (χ3v) is 2.40. The van der Waals surface area contributed by atoms with E-state index in [1.165, 1.54) is 6.07 Å². The summed E-state index contributed by atoms with van der Waals surface area (Å²) in [5.41, 5.74) is 7.35. The molecule has 0 amide bonds. The summed E-state index contributed by atoms with van der Waals surface area (Å²) in [5.74, 6) is 0.563. The van der Waals surface area contributed by atoms with Crippen molar-refractivity contribution < 1.29 is 9.13 Å². The summed E-state index contributed by atoms with van der Waals surface area (Å²) in [7, 11) is 0. The van der Waals surface area contributed by atoms with Crippen LogP contribution in [0.4, 0.5) is 4.39 Å². The van der Waals surface area contributed by atoms with E-state index in [2.05, 4.69) is 0 Å². The number of fused-ring (bicyclic) bond motifs is 1. The highest BCUT2D eigenvalue weighted by atomic mass is 19.1. The third-order valence-electron chi connectivity index (χ3n) is 2.40. The topological polar surface area (TPSA) is 35.2 Å². The Labute approximate surface area is 76.5 Å². The average Bonchev–Trinajstić information content (AvgIpc) is 2.49. The minimum absolute atomic E-state index is 0.166. The van der Waals surface area contributed by atoms with E-state index < -0.39 is 0 Å². The summed E-state index contributed by atoms with van der Waals surface area (Å²) in [6, 6.07) is 2.92. The van der Waals surface area contributed by atoms with Gasteiger partial charge in [-0.05, 0) is 24.1 Å². The van der Waals surface area contributed by atoms with E-state index in [0.717, 1.165) is 11.3 Å². The number of benzene rings is 1. The number of rotatable bonds is 1. The molecular formula is C10H12FNO. The van der Waals surface area contributed by atoms with E-state index in [1.807, 2.05) is 6.92 Å². The summed E-state index contributed by atoms with van der Waals surface area (Å²) in [6.45, 7) is 2.38. The van der Waals surface area contributed by atoms with Crippen molar-refractivity contribution in [3.63, 3.8) is 0 Å². The minimum atomic E-state index is -0.179. The van der Waals surface area contributed by atoms with Crippen molar-refractivity contribution in [2.24, 2.45) is 5.73 Å². The van der Waals surface area contributed by atoms with Crippen molar-refractivity contribution in [3.8, 4) is 5.75 Å². The van der Waals surface area contributed by atoms with Crippen molar-refractivity contribution in [2.45, 2.75) is 19.4 Å². The van der Waals surface area contributed by atoms with Gasteiger partial charge in [0.2, 0.25) is 0 Å². The van der Waals surface area contributed by atoms with Crippen LogP contribution in [0, 0.1) is 5.82 Å². The molecule has 1 aromatic rings. The van der Waals surface area contributed by atoms with Gasteiger partial charge in [-0.15, -0.1) is 0 Å². The SMILES string of the molecule is CCc1c(F)ccc2c1C(N)CO2. The Balaban J connectivity index is 2.60. The Morgan fingerprint density at radius 1 is 1.62 bits per heavy atom. The molecule has 13 heavy (non-hydrogen) atoms. The Morgan fingerprint density at radius 2 is 2.38 bits per heavy atom. The predicted octanol–water partition coefficient (Wildman–Crippen LogP) is 1.78. The van der Waals surface area contributed by atoms with Crippen LogP contribution in [0.15, 0.2) is 12.1 Å². The Hall–Kier alpha value is -1.09. The molecule has 1 unspecified atom stereocenters. The van der Waals surface area contributed by atoms with Gasteiger partial charge in [0.15, 0.2) is 0 Å². The molecule has 2 rings (SSSR count). The van der Waals surface area contributed by atoms with Crippen molar-refractivity contribution in [2.75, 3.05) is 6.61 Å². The molecule has 2 N–H and O–H groups in total. The van der Waals surface area contributed by atoms with Gasteiger partial charge in [0.25, 0.3) is 0 Å². The molecule has 0 radical (unpaired) electrons. The summed E-state index contributed by atoms with van der Waals surface area (Å²) in [4.78, 5) is 0. The fraction of sp³-hybridized carbons (Fsp3) is 0.400. The number of nitrogens with two attached hydrogens (primary N) is 1. The maximum Gasteiger partial charge on any atom is 0.126 e. The Bertz CT molecular complexity index is 338. The molecular weight excluding hydrogens is 169 g/mol. The molecule has 0 saturated heterocycles. The van der Waals surface area contributed by atoms with Crippen LogP contribution in [0.2, 0.25) is 0 Å². The van der Waals surface area contributed by atoms with Gasteiger partial charge in [-0.2, -0.15) is 0 Å². The lowest BCUT2D eigenvalue weighted by atomic mass is 9.99. The van der Waals surface area contributed by atoms with Crippen LogP contribution in [-0.4, -0.2) is 6.61 Å². The lowest BCUT2D eigenvalue weighted by Crippen LogP contribution is -2.13. The summed E-state index contributed by atoms with van der Waals surface area (Å²) in [6.07, 6.45) is 0.659. The lowest BCUT2D eigenvalue weighted by molar-refractivity contribution is 0.333. The maximum atomic E-state index is 13.3. The van der Waals surface area contributed by atoms with Gasteiger partial charge in [-0.1, -0.05) is 6.92 Å². The number of hydrogen-bond acceptors (Lipinski definition) is 2. The van der Waals surface area contributed by atoms with E-state index in [1.54, 1.807) is 6.07 Å². The first-order chi connectivity index (χ1) is 6.24. The van der Waals surface area contributed by atoms with Gasteiger partial charge in [0, 0.05) is 5.56 Å². The van der Waals surface area contributed by atoms with E-state index >= 15 is 0 Å². The van der Waals surface area contributed by atoms with E-state index in [4.69, 9.17) is 10.5 Å². The molecule has 0 bridgehead atoms. The van der Waals surface area contributed by atoms with Crippen LogP contribution in [0.5, 0.6) is 5.75 Å². The van der Waals surface area contributed by atoms with Crippen molar-refractivity contribution in [1.29, 1.82) is 0 Å². The highest BCUT2D eigenvalue weighted by Gasteiger charge is 2.25. The van der Waals surface area contributed by atoms with E-state index in [9.17, 15) is 4.39 Å². The van der Waals surface area contributed by atoms with Gasteiger partial charge in [-0.25, -0.2) is 4.39 Å². The standard InChI is InChI=1S/C10H12FNO/c1-2-6-7(11)3-4-9-10(6)8(12)5-13-9/h3-4,8H,2,5,12H2,1H3. The first kappa shape index (κ1) is 8.51. The fourth-order valence-electron chi connectivity index (χ4n) is 1.77. The zero-order valence-electron chi connectivity index (χ0n) is 7.51. The smallest absolute Gasteiger partial charge is 0.126 e. The second kappa shape index (κ2) is 3.00. The molecule has 0 saturated carbocycles. The van der Waals surface area contributed by atoms with Crippen molar-refractivity contribution in [3.05, 3.63) is 29.1 Å². The second-order valence-corrected chi connectivity index (χ2v) is 3.21. The first-order valence-corrected chi connectivity index (χ1v) is 4.43. The van der Waals surface area contributed by atoms with Crippen LogP contribution >= 0.6 is 0 Å². The number of ether oxygens (including phenoxy) is 1. The zero-order valence-corrected chi connectivity index (χ0v) is 7.51. The second-order valence-electron chi connectivity index (χ2n) is 3.21. The molecule has 0 fully saturated rings. The van der Waals surface area contributed by atoms with Gasteiger partial charge in [-0.3, -0.25) is 0 Å². The molecule has 1 atom stereocenters. The fourth-order valence-corrected chi connectivity index (χ4v) is 1.77. The van der Waals surface area contributed by atoms with Crippen LogP contribution in [0.25, 0.3) is 0 Å². The molecule has 0 aliphatic carbocycles. The third kappa shape index (κ3) is 1.20. The van der Waals surface area contributed by atoms with Gasteiger partial charge >= 0.3 is 0 Å². The predicted molar refractivity (Wildman–Crippen MR) is 48.2 cm³/mol. The monoisotopic (exact) mass is 181 g/mol. The average molecular weight is 181 g/mol. The van der Waals surface area contributed by atoms with Gasteiger partial charge in [0.1, 0.15) is 18.2 Å². The quantitative estimate of drug-likeness (QED) is 0.716. The van der Waals surface area contributed by atoms with E-state index in [-0.39, 0.29) is 11.9 Å². The molecule has 3 heteroatoms. The summed E-state index contributed by atoms with van der Waals surface area (Å²) in [5, 5.41) is 0. The van der Waals surface area contributed by atoms with Crippen molar-refractivity contribution >= 4 is 0 Å². The summed E-state index contributed by atoms with van der Waals surface area (Å²) < 4.78 is 18.6. The van der Waals surface area contributed by atoms with Crippen molar-refractivity contribution in [1.82, 2.24) is 0 Å². The van der Waals surface area contributed by atoms with E-state index in [0.29, 0.717) is 18.6 Å². The van der Waals surface area contributed by atoms with Crippen LogP contribution in [0.1, 0.15) is 24.1 Å². The molecule has 0 spiro atoms. The molecule has 1 heterocycles. The molecule has 1 aliphatic rings. The van der Waals surface area contributed by atoms with Crippen LogP contribution in [0.3, 0.4) is 0 Å². The van der Waals surface area contributed by atoms with Gasteiger partial charge < -0.3 is 10.5 Å².